The average molecular weight is 683 g/mol. The predicted octanol–water partition coefficient (Wildman–Crippen LogP) is 6.94. The fourth-order valence-electron chi connectivity index (χ4n) is 6.46. The van der Waals surface area contributed by atoms with Gasteiger partial charge in [-0.15, -0.1) is 0 Å². The number of ether oxygens (including phenoxy) is 1. The number of hydrogen-bond acceptors (Lipinski definition) is 7. The van der Waals surface area contributed by atoms with E-state index in [-0.39, 0.29) is 49.0 Å². The number of amides is 1. The second-order valence-corrected chi connectivity index (χ2v) is 12.4. The molecule has 3 atom stereocenters. The highest BCUT2D eigenvalue weighted by Gasteiger charge is 2.44. The van der Waals surface area contributed by atoms with Crippen LogP contribution in [0.15, 0.2) is 43.0 Å². The van der Waals surface area contributed by atoms with Crippen LogP contribution in [0, 0.1) is 5.92 Å². The van der Waals surface area contributed by atoms with Crippen LogP contribution in [0.3, 0.4) is 0 Å². The number of likely N-dealkylation sites (tertiary alicyclic amines) is 1. The Morgan fingerprint density at radius 1 is 0.896 bits per heavy atom. The largest absolute Gasteiger partial charge is 0.481 e. The quantitative estimate of drug-likeness (QED) is 0.242. The number of nitrogens with zero attached hydrogens (tertiary/aromatic N) is 6. The summed E-state index contributed by atoms with van der Waals surface area (Å²) in [7, 11) is 1.74. The fraction of sp³-hybridized carbons (Fsp3) is 0.531. The maximum atomic E-state index is 13.8. The molecule has 1 saturated carbocycles. The molecule has 0 spiro atoms. The SMILES string of the molecule is CC[C@@H]1CC(N(Cc2cc(C(F)(F)F)cc(C(F)(F)F)c2)c2ncc(-c3cnn(C)c3)cn2)C[C@H](CC)N1C(=O)O[C@H]1C[C@H](C(=O)O)C1. The topological polar surface area (TPSA) is 114 Å². The number of carboxylic acid groups (broad SMARTS) is 1. The van der Waals surface area contributed by atoms with Crippen molar-refractivity contribution in [1.29, 1.82) is 0 Å². The van der Waals surface area contributed by atoms with Gasteiger partial charge in [0.1, 0.15) is 6.10 Å². The molecule has 3 heterocycles. The molecule has 2 fully saturated rings. The second kappa shape index (κ2) is 13.6. The highest BCUT2D eigenvalue weighted by molar-refractivity contribution is 5.72. The molecule has 10 nitrogen and oxygen atoms in total. The second-order valence-electron chi connectivity index (χ2n) is 12.4. The summed E-state index contributed by atoms with van der Waals surface area (Å²) in [4.78, 5) is 36.8. The van der Waals surface area contributed by atoms with E-state index in [9.17, 15) is 41.0 Å². The molecule has 2 aromatic heterocycles. The summed E-state index contributed by atoms with van der Waals surface area (Å²) in [6.45, 7) is 3.38. The van der Waals surface area contributed by atoms with E-state index in [1.807, 2.05) is 13.8 Å². The average Bonchev–Trinajstić information content (AvgIpc) is 3.45. The monoisotopic (exact) mass is 682 g/mol. The zero-order chi connectivity index (χ0) is 35.0. The lowest BCUT2D eigenvalue weighted by Crippen LogP contribution is -2.57. The lowest BCUT2D eigenvalue weighted by atomic mass is 9.82. The molecule has 1 amide bonds. The molecule has 0 radical (unpaired) electrons. The first-order valence-corrected chi connectivity index (χ1v) is 15.6. The van der Waals surface area contributed by atoms with Gasteiger partial charge in [0.25, 0.3) is 0 Å². The Labute approximate surface area is 272 Å². The third-order valence-corrected chi connectivity index (χ3v) is 9.11. The minimum Gasteiger partial charge on any atom is -0.481 e. The first-order valence-electron chi connectivity index (χ1n) is 15.6. The molecule has 1 aliphatic heterocycles. The van der Waals surface area contributed by atoms with Gasteiger partial charge in [-0.25, -0.2) is 14.8 Å². The summed E-state index contributed by atoms with van der Waals surface area (Å²) in [5.74, 6) is -1.40. The van der Waals surface area contributed by atoms with Crippen LogP contribution in [0.1, 0.15) is 69.1 Å². The lowest BCUT2D eigenvalue weighted by molar-refractivity contribution is -0.149. The van der Waals surface area contributed by atoms with Crippen LogP contribution in [0.2, 0.25) is 0 Å². The Morgan fingerprint density at radius 3 is 1.92 bits per heavy atom. The van der Waals surface area contributed by atoms with Crippen molar-refractivity contribution in [3.05, 3.63) is 59.7 Å². The Morgan fingerprint density at radius 2 is 1.46 bits per heavy atom. The van der Waals surface area contributed by atoms with E-state index in [1.54, 1.807) is 33.9 Å². The predicted molar refractivity (Wildman–Crippen MR) is 161 cm³/mol. The first kappa shape index (κ1) is 35.0. The summed E-state index contributed by atoms with van der Waals surface area (Å²) < 4.78 is 89.8. The Hall–Kier alpha value is -4.37. The minimum atomic E-state index is -5.01. The first-order chi connectivity index (χ1) is 22.6. The van der Waals surface area contributed by atoms with E-state index in [4.69, 9.17) is 4.74 Å². The van der Waals surface area contributed by atoms with E-state index >= 15 is 0 Å². The molecule has 16 heteroatoms. The molecular formula is C32H36F6N6O4. The number of alkyl halides is 6. The summed E-state index contributed by atoms with van der Waals surface area (Å²) in [5, 5.41) is 13.3. The number of halogens is 6. The van der Waals surface area contributed by atoms with Gasteiger partial charge in [0.05, 0.1) is 23.2 Å². The van der Waals surface area contributed by atoms with Crippen LogP contribution in [0.25, 0.3) is 11.1 Å². The minimum absolute atomic E-state index is 0.0954. The van der Waals surface area contributed by atoms with E-state index < -0.39 is 53.6 Å². The summed E-state index contributed by atoms with van der Waals surface area (Å²) in [5.41, 5.74) is -1.73. The molecule has 3 aromatic rings. The van der Waals surface area contributed by atoms with Crippen molar-refractivity contribution < 1.29 is 45.8 Å². The zero-order valence-corrected chi connectivity index (χ0v) is 26.5. The normalized spacial score (nSPS) is 23.0. The number of carbonyl (C=O) groups is 2. The number of rotatable bonds is 9. The number of hydrogen-bond donors (Lipinski definition) is 1. The van der Waals surface area contributed by atoms with Gasteiger partial charge < -0.3 is 19.6 Å². The molecule has 2 aliphatic rings. The zero-order valence-electron chi connectivity index (χ0n) is 26.5. The van der Waals surface area contributed by atoms with Crippen molar-refractivity contribution >= 4 is 18.0 Å². The summed E-state index contributed by atoms with van der Waals surface area (Å²) in [6, 6.07) is 0.254. The van der Waals surface area contributed by atoms with E-state index in [1.165, 1.54) is 12.4 Å². The van der Waals surface area contributed by atoms with Crippen LogP contribution in [0.4, 0.5) is 37.1 Å². The maximum absolute atomic E-state index is 13.8. The number of benzene rings is 1. The van der Waals surface area contributed by atoms with Gasteiger partial charge in [-0.3, -0.25) is 9.48 Å². The highest BCUT2D eigenvalue weighted by atomic mass is 19.4. The molecule has 1 aromatic carbocycles. The standard InChI is InChI=1S/C32H36F6N6O4/c1-4-24-11-26(12-25(5-2)44(24)30(47)48-27-8-19(9-27)28(45)46)43(29-39-13-20(14-40-29)21-15-41-42(3)17-21)16-18-6-22(31(33,34)35)10-23(7-18)32(36,37)38/h6-7,10,13-15,17,19,24-27H,4-5,8-9,11-12,16H2,1-3H3,(H,45,46)/t19-,24-,25+,26?,27-. The Bertz CT molecular complexity index is 1560. The van der Waals surface area contributed by atoms with Crippen molar-refractivity contribution in [2.75, 3.05) is 4.90 Å². The van der Waals surface area contributed by atoms with E-state index in [0.717, 1.165) is 0 Å². The van der Waals surface area contributed by atoms with Crippen LogP contribution < -0.4 is 4.90 Å². The van der Waals surface area contributed by atoms with Crippen molar-refractivity contribution in [2.45, 2.75) is 95.5 Å². The van der Waals surface area contributed by atoms with Gasteiger partial charge in [0, 0.05) is 61.4 Å². The van der Waals surface area contributed by atoms with Crippen molar-refractivity contribution in [2.24, 2.45) is 13.0 Å². The number of aryl methyl sites for hydroxylation is 1. The number of aliphatic carboxylic acids is 1. The number of aromatic nitrogens is 4. The van der Waals surface area contributed by atoms with Gasteiger partial charge in [-0.05, 0) is 62.3 Å². The molecule has 0 bridgehead atoms. The maximum Gasteiger partial charge on any atom is 0.416 e. The Kier molecular flexibility index (Phi) is 9.92. The van der Waals surface area contributed by atoms with Crippen LogP contribution in [-0.2, 0) is 35.5 Å². The van der Waals surface area contributed by atoms with Crippen molar-refractivity contribution in [3.8, 4) is 11.1 Å². The molecule has 48 heavy (non-hydrogen) atoms. The summed E-state index contributed by atoms with van der Waals surface area (Å²) >= 11 is 0. The van der Waals surface area contributed by atoms with Gasteiger partial charge in [-0.1, -0.05) is 13.8 Å². The van der Waals surface area contributed by atoms with Crippen LogP contribution in [-0.4, -0.2) is 66.0 Å². The molecule has 1 aliphatic carbocycles. The number of anilines is 1. The third-order valence-electron chi connectivity index (χ3n) is 9.11. The number of piperidine rings is 1. The molecule has 1 N–H and O–H groups in total. The Balaban J connectivity index is 1.47. The molecule has 1 saturated heterocycles. The van der Waals surface area contributed by atoms with Gasteiger partial charge in [0.2, 0.25) is 5.95 Å². The fourth-order valence-corrected chi connectivity index (χ4v) is 6.46. The molecule has 5 rings (SSSR count). The number of carboxylic acids is 1. The lowest BCUT2D eigenvalue weighted by Gasteiger charge is -2.48. The van der Waals surface area contributed by atoms with Crippen molar-refractivity contribution in [3.63, 3.8) is 0 Å². The van der Waals surface area contributed by atoms with Gasteiger partial charge in [-0.2, -0.15) is 31.4 Å². The summed E-state index contributed by atoms with van der Waals surface area (Å²) in [6.07, 6.45) is -2.69. The highest BCUT2D eigenvalue weighted by Crippen LogP contribution is 2.39. The van der Waals surface area contributed by atoms with E-state index in [0.29, 0.717) is 48.9 Å². The molecule has 1 unspecified atom stereocenters. The van der Waals surface area contributed by atoms with Crippen LogP contribution >= 0.6 is 0 Å². The smallest absolute Gasteiger partial charge is 0.416 e. The molecular weight excluding hydrogens is 646 g/mol. The van der Waals surface area contributed by atoms with E-state index in [2.05, 4.69) is 15.1 Å². The number of carbonyl (C=O) groups excluding carboxylic acids is 1. The van der Waals surface area contributed by atoms with Gasteiger partial charge in [0.15, 0.2) is 0 Å². The van der Waals surface area contributed by atoms with Gasteiger partial charge >= 0.3 is 24.4 Å². The van der Waals surface area contributed by atoms with Crippen molar-refractivity contribution in [1.82, 2.24) is 24.6 Å². The van der Waals surface area contributed by atoms with Crippen LogP contribution in [0.5, 0.6) is 0 Å². The third kappa shape index (κ3) is 7.67. The molecule has 260 valence electrons.